The fourth-order valence-electron chi connectivity index (χ4n) is 5.09. The molecular weight excluding hydrogens is 478 g/mol. The molecule has 180 valence electrons. The molecule has 7 rings (SSSR count). The van der Waals surface area contributed by atoms with E-state index in [2.05, 4.69) is 49.4 Å². The molecule has 1 aliphatic rings. The minimum atomic E-state index is 0.729. The Morgan fingerprint density at radius 3 is 2.00 bits per heavy atom. The maximum absolute atomic E-state index is 5.77. The second kappa shape index (κ2) is 8.90. The number of anilines is 2. The molecule has 0 atom stereocenters. The predicted molar refractivity (Wildman–Crippen MR) is 154 cm³/mol. The summed E-state index contributed by atoms with van der Waals surface area (Å²) < 4.78 is 0. The largest absolute Gasteiger partial charge is 0.368 e. The number of fused-ring (bicyclic) bond motifs is 7. The molecule has 3 aromatic heterocycles. The van der Waals surface area contributed by atoms with Gasteiger partial charge in [0.15, 0.2) is 5.11 Å². The number of para-hydroxylation sites is 1. The number of pyridine rings is 2. The van der Waals surface area contributed by atoms with Crippen molar-refractivity contribution < 1.29 is 0 Å². The third-order valence-corrected chi connectivity index (χ3v) is 7.31. The Balaban J connectivity index is 1.19. The van der Waals surface area contributed by atoms with E-state index in [1.165, 1.54) is 5.69 Å². The molecular formula is C29H23N7S. The minimum Gasteiger partial charge on any atom is -0.368 e. The number of aromatic nitrogens is 4. The molecule has 0 saturated carbocycles. The van der Waals surface area contributed by atoms with Gasteiger partial charge in [-0.05, 0) is 66.8 Å². The van der Waals surface area contributed by atoms with Gasteiger partial charge in [-0.25, -0.2) is 9.97 Å². The molecule has 1 saturated heterocycles. The van der Waals surface area contributed by atoms with E-state index in [1.54, 1.807) is 12.4 Å². The second-order valence-electron chi connectivity index (χ2n) is 9.16. The van der Waals surface area contributed by atoms with Crippen molar-refractivity contribution in [2.75, 3.05) is 36.4 Å². The average Bonchev–Trinajstić information content (AvgIpc) is 2.97. The number of benzene rings is 3. The van der Waals surface area contributed by atoms with E-state index >= 15 is 0 Å². The smallest absolute Gasteiger partial charge is 0.173 e. The number of hydrogen-bond acceptors (Lipinski definition) is 6. The van der Waals surface area contributed by atoms with Crippen LogP contribution < -0.4 is 10.2 Å². The van der Waals surface area contributed by atoms with Crippen LogP contribution in [0.5, 0.6) is 0 Å². The van der Waals surface area contributed by atoms with Crippen LogP contribution in [0.4, 0.5) is 11.4 Å². The van der Waals surface area contributed by atoms with E-state index in [9.17, 15) is 0 Å². The maximum Gasteiger partial charge on any atom is 0.173 e. The van der Waals surface area contributed by atoms with E-state index in [1.807, 2.05) is 48.5 Å². The Morgan fingerprint density at radius 1 is 0.676 bits per heavy atom. The van der Waals surface area contributed by atoms with Crippen LogP contribution in [-0.4, -0.2) is 56.1 Å². The number of nitrogens with zero attached hydrogens (tertiary/aromatic N) is 6. The van der Waals surface area contributed by atoms with E-state index < -0.39 is 0 Å². The highest BCUT2D eigenvalue weighted by Gasteiger charge is 2.19. The van der Waals surface area contributed by atoms with E-state index in [0.29, 0.717) is 0 Å². The fourth-order valence-corrected chi connectivity index (χ4v) is 5.39. The second-order valence-corrected chi connectivity index (χ2v) is 9.55. The van der Waals surface area contributed by atoms with Crippen LogP contribution in [0.3, 0.4) is 0 Å². The third kappa shape index (κ3) is 3.86. The van der Waals surface area contributed by atoms with E-state index in [0.717, 1.165) is 80.9 Å². The van der Waals surface area contributed by atoms with Gasteiger partial charge in [0.2, 0.25) is 0 Å². The van der Waals surface area contributed by atoms with Crippen LogP contribution in [0.15, 0.2) is 85.2 Å². The van der Waals surface area contributed by atoms with Gasteiger partial charge in [-0.2, -0.15) is 0 Å². The first-order valence-corrected chi connectivity index (χ1v) is 12.7. The van der Waals surface area contributed by atoms with Gasteiger partial charge in [-0.1, -0.05) is 18.2 Å². The first kappa shape index (κ1) is 21.8. The number of piperazine rings is 1. The maximum atomic E-state index is 5.77. The van der Waals surface area contributed by atoms with Gasteiger partial charge < -0.3 is 15.1 Å². The summed E-state index contributed by atoms with van der Waals surface area (Å²) in [6, 6.07) is 24.5. The number of nitrogens with one attached hydrogen (secondary N) is 1. The van der Waals surface area contributed by atoms with Crippen LogP contribution >= 0.6 is 12.2 Å². The number of thiocarbonyl (C=S) groups is 1. The van der Waals surface area contributed by atoms with Crippen molar-refractivity contribution in [3.8, 4) is 0 Å². The lowest BCUT2D eigenvalue weighted by atomic mass is 10.1. The van der Waals surface area contributed by atoms with Crippen molar-refractivity contribution in [1.29, 1.82) is 0 Å². The van der Waals surface area contributed by atoms with Gasteiger partial charge in [0, 0.05) is 60.7 Å². The van der Waals surface area contributed by atoms with Gasteiger partial charge in [0.1, 0.15) is 0 Å². The zero-order chi connectivity index (χ0) is 24.8. The molecule has 4 heterocycles. The highest BCUT2D eigenvalue weighted by Crippen LogP contribution is 2.32. The molecule has 0 bridgehead atoms. The SMILES string of the molecule is S=C(Nc1ccc2nc3c4cccnc4c4ncccc4c3nc2c1)N1CCN(c2ccccc2)CC1. The number of rotatable bonds is 2. The molecule has 0 radical (unpaired) electrons. The predicted octanol–water partition coefficient (Wildman–Crippen LogP) is 5.40. The molecule has 6 aromatic rings. The van der Waals surface area contributed by atoms with Crippen molar-refractivity contribution in [3.63, 3.8) is 0 Å². The molecule has 1 aliphatic heterocycles. The molecule has 1 N–H and O–H groups in total. The normalized spacial score (nSPS) is 14.1. The highest BCUT2D eigenvalue weighted by molar-refractivity contribution is 7.80. The summed E-state index contributed by atoms with van der Waals surface area (Å²) in [6.07, 6.45) is 3.58. The Morgan fingerprint density at radius 2 is 1.32 bits per heavy atom. The highest BCUT2D eigenvalue weighted by atomic mass is 32.1. The van der Waals surface area contributed by atoms with Gasteiger partial charge in [0.05, 0.1) is 33.1 Å². The molecule has 0 unspecified atom stereocenters. The lowest BCUT2D eigenvalue weighted by molar-refractivity contribution is 0.391. The molecule has 3 aromatic carbocycles. The quantitative estimate of drug-likeness (QED) is 0.192. The molecule has 0 amide bonds. The molecule has 37 heavy (non-hydrogen) atoms. The van der Waals surface area contributed by atoms with Crippen LogP contribution in [0.25, 0.3) is 43.9 Å². The Kier molecular flexibility index (Phi) is 5.25. The lowest BCUT2D eigenvalue weighted by Crippen LogP contribution is -2.50. The zero-order valence-corrected chi connectivity index (χ0v) is 20.8. The summed E-state index contributed by atoms with van der Waals surface area (Å²) in [4.78, 5) is 23.9. The first-order chi connectivity index (χ1) is 18.2. The van der Waals surface area contributed by atoms with Crippen LogP contribution in [0.2, 0.25) is 0 Å². The van der Waals surface area contributed by atoms with Gasteiger partial charge >= 0.3 is 0 Å². The van der Waals surface area contributed by atoms with Crippen molar-refractivity contribution in [2.45, 2.75) is 0 Å². The number of hydrogen-bond donors (Lipinski definition) is 1. The minimum absolute atomic E-state index is 0.729. The summed E-state index contributed by atoms with van der Waals surface area (Å²) in [5.41, 5.74) is 7.14. The van der Waals surface area contributed by atoms with Gasteiger partial charge in [-0.3, -0.25) is 9.97 Å². The Hall–Kier alpha value is -4.43. The molecule has 8 heteroatoms. The summed E-state index contributed by atoms with van der Waals surface area (Å²) in [5, 5.41) is 6.05. The molecule has 0 aliphatic carbocycles. The van der Waals surface area contributed by atoms with Crippen molar-refractivity contribution in [1.82, 2.24) is 24.8 Å². The van der Waals surface area contributed by atoms with Crippen molar-refractivity contribution >= 4 is 72.6 Å². The molecule has 1 fully saturated rings. The Labute approximate surface area is 218 Å². The van der Waals surface area contributed by atoms with Crippen LogP contribution in [-0.2, 0) is 0 Å². The summed E-state index contributed by atoms with van der Waals surface area (Å²) in [7, 11) is 0. The molecule has 0 spiro atoms. The lowest BCUT2D eigenvalue weighted by Gasteiger charge is -2.37. The van der Waals surface area contributed by atoms with Crippen molar-refractivity contribution in [3.05, 3.63) is 85.2 Å². The summed E-state index contributed by atoms with van der Waals surface area (Å²) >= 11 is 5.77. The Bertz CT molecular complexity index is 1800. The monoisotopic (exact) mass is 501 g/mol. The summed E-state index contributed by atoms with van der Waals surface area (Å²) in [5.74, 6) is 0. The standard InChI is InChI=1S/C29H23N7S/c37-29(36-16-14-35(15-17-36)20-6-2-1-3-7-20)32-19-10-11-23-24(18-19)34-28-22-9-5-13-31-26(22)25-21(27(28)33-23)8-4-12-30-25/h1-13,18H,14-17H2,(H,32,37). The van der Waals surface area contributed by atoms with Gasteiger partial charge in [0.25, 0.3) is 0 Å². The van der Waals surface area contributed by atoms with E-state index in [4.69, 9.17) is 22.2 Å². The van der Waals surface area contributed by atoms with Crippen LogP contribution in [0, 0.1) is 0 Å². The third-order valence-electron chi connectivity index (χ3n) is 6.95. The van der Waals surface area contributed by atoms with Crippen LogP contribution in [0.1, 0.15) is 0 Å². The van der Waals surface area contributed by atoms with E-state index in [-0.39, 0.29) is 0 Å². The molecule has 7 nitrogen and oxygen atoms in total. The average molecular weight is 502 g/mol. The topological polar surface area (TPSA) is 70.1 Å². The zero-order valence-electron chi connectivity index (χ0n) is 20.0. The van der Waals surface area contributed by atoms with Gasteiger partial charge in [-0.15, -0.1) is 0 Å². The first-order valence-electron chi connectivity index (χ1n) is 12.3. The fraction of sp³-hybridized carbons (Fsp3) is 0.138. The summed E-state index contributed by atoms with van der Waals surface area (Å²) in [6.45, 7) is 3.62. The van der Waals surface area contributed by atoms with Crippen molar-refractivity contribution in [2.24, 2.45) is 0 Å².